The van der Waals surface area contributed by atoms with Gasteiger partial charge in [0.25, 0.3) is 0 Å². The number of benzene rings is 2. The van der Waals surface area contributed by atoms with Gasteiger partial charge in [0.1, 0.15) is 11.9 Å². The van der Waals surface area contributed by atoms with E-state index in [2.05, 4.69) is 5.32 Å². The summed E-state index contributed by atoms with van der Waals surface area (Å²) in [6.45, 7) is 1.83. The number of hydrogen-bond acceptors (Lipinski definition) is 4. The number of halogens is 2. The molecule has 1 atom stereocenters. The summed E-state index contributed by atoms with van der Waals surface area (Å²) in [5, 5.41) is 4.42. The Morgan fingerprint density at radius 2 is 1.84 bits per heavy atom. The van der Waals surface area contributed by atoms with Crippen molar-refractivity contribution in [3.8, 4) is 0 Å². The monoisotopic (exact) mass is 374 g/mol. The van der Waals surface area contributed by atoms with Crippen LogP contribution in [-0.4, -0.2) is 18.9 Å². The highest BCUT2D eigenvalue weighted by atomic mass is 35.5. The van der Waals surface area contributed by atoms with Crippen LogP contribution < -0.4 is 5.32 Å². The predicted octanol–water partition coefficient (Wildman–Crippen LogP) is 4.53. The van der Waals surface area contributed by atoms with Gasteiger partial charge in [0.15, 0.2) is 0 Å². The van der Waals surface area contributed by atoms with Gasteiger partial charge >= 0.3 is 5.97 Å². The van der Waals surface area contributed by atoms with Crippen molar-refractivity contribution in [3.05, 3.63) is 81.0 Å². The van der Waals surface area contributed by atoms with Gasteiger partial charge in [0.2, 0.25) is 0 Å². The normalized spacial score (nSPS) is 17.0. The zero-order chi connectivity index (χ0) is 18.0. The van der Waals surface area contributed by atoms with E-state index in [1.165, 1.54) is 7.11 Å². The van der Waals surface area contributed by atoms with E-state index in [-0.39, 0.29) is 0 Å². The number of amidine groups is 1. The smallest absolute Gasteiger partial charge is 0.338 e. The highest BCUT2D eigenvalue weighted by Crippen LogP contribution is 2.33. The fourth-order valence-corrected chi connectivity index (χ4v) is 3.05. The molecule has 0 aromatic heterocycles. The minimum Gasteiger partial charge on any atom is -0.466 e. The van der Waals surface area contributed by atoms with Gasteiger partial charge in [-0.15, -0.1) is 0 Å². The average Bonchev–Trinajstić information content (AvgIpc) is 2.61. The Bertz CT molecular complexity index is 873. The highest BCUT2D eigenvalue weighted by Gasteiger charge is 2.30. The topological polar surface area (TPSA) is 50.7 Å². The molecule has 0 aliphatic carbocycles. The molecule has 3 rings (SSSR count). The lowest BCUT2D eigenvalue weighted by Gasteiger charge is -2.26. The molecule has 1 aliphatic heterocycles. The number of nitrogens with zero attached hydrogens (tertiary/aromatic N) is 1. The molecular formula is C19H16Cl2N2O2. The van der Waals surface area contributed by atoms with Crippen molar-refractivity contribution in [1.82, 2.24) is 5.32 Å². The van der Waals surface area contributed by atoms with Crippen LogP contribution in [0.5, 0.6) is 0 Å². The molecule has 1 heterocycles. The largest absolute Gasteiger partial charge is 0.466 e. The van der Waals surface area contributed by atoms with E-state index in [1.807, 2.05) is 31.2 Å². The van der Waals surface area contributed by atoms with Crippen LogP contribution in [0.25, 0.3) is 0 Å². The summed E-state index contributed by atoms with van der Waals surface area (Å²) in [4.78, 5) is 17.0. The summed E-state index contributed by atoms with van der Waals surface area (Å²) in [5.74, 6) is 0.237. The van der Waals surface area contributed by atoms with Crippen LogP contribution in [0.4, 0.5) is 0 Å². The van der Waals surface area contributed by atoms with Crippen LogP contribution in [0.15, 0.2) is 64.8 Å². The van der Waals surface area contributed by atoms with Crippen molar-refractivity contribution >= 4 is 35.0 Å². The number of ether oxygens (including phenoxy) is 1. The molecule has 0 spiro atoms. The Labute approximate surface area is 156 Å². The first-order valence-corrected chi connectivity index (χ1v) is 8.40. The van der Waals surface area contributed by atoms with Crippen LogP contribution in [0.2, 0.25) is 10.0 Å². The average molecular weight is 375 g/mol. The Hall–Kier alpha value is -2.30. The maximum absolute atomic E-state index is 12.3. The SMILES string of the molecule is COC(=O)C1=C(C)NC(c2ccc(Cl)cc2)=NC1c1cccc(Cl)c1. The minimum atomic E-state index is -0.502. The Morgan fingerprint density at radius 3 is 2.48 bits per heavy atom. The molecule has 0 saturated heterocycles. The lowest BCUT2D eigenvalue weighted by atomic mass is 9.95. The Kier molecular flexibility index (Phi) is 5.11. The first kappa shape index (κ1) is 17.5. The van der Waals surface area contributed by atoms with Crippen molar-refractivity contribution < 1.29 is 9.53 Å². The zero-order valence-corrected chi connectivity index (χ0v) is 15.2. The summed E-state index contributed by atoms with van der Waals surface area (Å²) >= 11 is 12.1. The highest BCUT2D eigenvalue weighted by molar-refractivity contribution is 6.31. The summed E-state index contributed by atoms with van der Waals surface area (Å²) < 4.78 is 4.94. The molecule has 0 bridgehead atoms. The molecule has 0 radical (unpaired) electrons. The molecule has 2 aromatic carbocycles. The van der Waals surface area contributed by atoms with Crippen molar-refractivity contribution in [3.63, 3.8) is 0 Å². The molecule has 6 heteroatoms. The molecule has 0 fully saturated rings. The van der Waals surface area contributed by atoms with E-state index in [9.17, 15) is 4.79 Å². The molecular weight excluding hydrogens is 359 g/mol. The van der Waals surface area contributed by atoms with Crippen molar-refractivity contribution in [2.75, 3.05) is 7.11 Å². The molecule has 2 aromatic rings. The van der Waals surface area contributed by atoms with Crippen LogP contribution in [0.1, 0.15) is 24.1 Å². The van der Waals surface area contributed by atoms with Gasteiger partial charge < -0.3 is 10.1 Å². The second-order valence-corrected chi connectivity index (χ2v) is 6.47. The lowest BCUT2D eigenvalue weighted by molar-refractivity contribution is -0.136. The number of nitrogens with one attached hydrogen (secondary N) is 1. The van der Waals surface area contributed by atoms with E-state index in [4.69, 9.17) is 32.9 Å². The quantitative estimate of drug-likeness (QED) is 0.802. The summed E-state index contributed by atoms with van der Waals surface area (Å²) in [6.07, 6.45) is 0. The number of rotatable bonds is 3. The number of hydrogen-bond donors (Lipinski definition) is 1. The molecule has 25 heavy (non-hydrogen) atoms. The Morgan fingerprint density at radius 1 is 1.12 bits per heavy atom. The maximum atomic E-state index is 12.3. The minimum absolute atomic E-state index is 0.422. The number of methoxy groups -OCH3 is 1. The van der Waals surface area contributed by atoms with Crippen molar-refractivity contribution in [2.45, 2.75) is 13.0 Å². The maximum Gasteiger partial charge on any atom is 0.338 e. The first-order valence-electron chi connectivity index (χ1n) is 7.65. The van der Waals surface area contributed by atoms with Gasteiger partial charge in [-0.3, -0.25) is 4.99 Å². The third kappa shape index (κ3) is 3.70. The van der Waals surface area contributed by atoms with Crippen LogP contribution in [-0.2, 0) is 9.53 Å². The molecule has 1 N–H and O–H groups in total. The number of esters is 1. The summed E-state index contributed by atoms with van der Waals surface area (Å²) in [5.41, 5.74) is 2.85. The fraction of sp³-hybridized carbons (Fsp3) is 0.158. The third-order valence-electron chi connectivity index (χ3n) is 3.93. The first-order chi connectivity index (χ1) is 12.0. The lowest BCUT2D eigenvalue weighted by Crippen LogP contribution is -2.32. The second kappa shape index (κ2) is 7.30. The predicted molar refractivity (Wildman–Crippen MR) is 100 cm³/mol. The molecule has 4 nitrogen and oxygen atoms in total. The zero-order valence-electron chi connectivity index (χ0n) is 13.7. The standard InChI is InChI=1S/C19H16Cl2N2O2/c1-11-16(19(24)25-2)17(13-4-3-5-15(21)10-13)23-18(22-11)12-6-8-14(20)9-7-12/h3-10,17H,1-2H3,(H,22,23). The van der Waals surface area contributed by atoms with E-state index in [0.717, 1.165) is 11.1 Å². The van der Waals surface area contributed by atoms with Crippen molar-refractivity contribution in [1.29, 1.82) is 0 Å². The molecule has 0 amide bonds. The number of allylic oxidation sites excluding steroid dienone is 1. The summed E-state index contributed by atoms with van der Waals surface area (Å²) in [6, 6.07) is 14.1. The van der Waals surface area contributed by atoms with E-state index in [1.54, 1.807) is 24.3 Å². The van der Waals surface area contributed by atoms with Crippen LogP contribution in [0.3, 0.4) is 0 Å². The van der Waals surface area contributed by atoms with E-state index < -0.39 is 12.0 Å². The molecule has 1 aliphatic rings. The van der Waals surface area contributed by atoms with Gasteiger partial charge in [0, 0.05) is 21.3 Å². The van der Waals surface area contributed by atoms with Gasteiger partial charge in [0.05, 0.1) is 12.7 Å². The van der Waals surface area contributed by atoms with E-state index in [0.29, 0.717) is 27.2 Å². The summed E-state index contributed by atoms with van der Waals surface area (Å²) in [7, 11) is 1.36. The van der Waals surface area contributed by atoms with Crippen molar-refractivity contribution in [2.24, 2.45) is 4.99 Å². The molecule has 0 saturated carbocycles. The number of carbonyl (C=O) groups is 1. The van der Waals surface area contributed by atoms with Gasteiger partial charge in [-0.1, -0.05) is 35.3 Å². The molecule has 1 unspecified atom stereocenters. The fourth-order valence-electron chi connectivity index (χ4n) is 2.72. The van der Waals surface area contributed by atoms with E-state index >= 15 is 0 Å². The number of carbonyl (C=O) groups excluding carboxylic acids is 1. The van der Waals surface area contributed by atoms with Gasteiger partial charge in [-0.05, 0) is 48.9 Å². The third-order valence-corrected chi connectivity index (χ3v) is 4.42. The molecule has 128 valence electrons. The van der Waals surface area contributed by atoms with Crippen LogP contribution in [0, 0.1) is 0 Å². The second-order valence-electron chi connectivity index (χ2n) is 5.60. The van der Waals surface area contributed by atoms with Crippen LogP contribution >= 0.6 is 23.2 Å². The number of aliphatic imine (C=N–C) groups is 1. The van der Waals surface area contributed by atoms with Gasteiger partial charge in [-0.2, -0.15) is 0 Å². The Balaban J connectivity index is 2.10. The van der Waals surface area contributed by atoms with Gasteiger partial charge in [-0.25, -0.2) is 4.79 Å².